The molecule has 2 nitrogen and oxygen atoms in total. The van der Waals surface area contributed by atoms with Crippen LogP contribution in [0.5, 0.6) is 0 Å². The van der Waals surface area contributed by atoms with Crippen LogP contribution in [-0.2, 0) is 0 Å². The quantitative estimate of drug-likeness (QED) is 0.895. The third-order valence-corrected chi connectivity index (χ3v) is 4.36. The van der Waals surface area contributed by atoms with E-state index < -0.39 is 0 Å². The number of aryl methyl sites for hydroxylation is 3. The van der Waals surface area contributed by atoms with Crippen LogP contribution >= 0.6 is 0 Å². The molecule has 1 atom stereocenters. The molecule has 1 unspecified atom stereocenters. The second-order valence-corrected chi connectivity index (χ2v) is 6.80. The summed E-state index contributed by atoms with van der Waals surface area (Å²) in [4.78, 5) is 2.62. The van der Waals surface area contributed by atoms with Crippen molar-refractivity contribution in [2.75, 3.05) is 25.0 Å². The van der Waals surface area contributed by atoms with Crippen molar-refractivity contribution in [3.05, 3.63) is 28.8 Å². The van der Waals surface area contributed by atoms with Gasteiger partial charge in [-0.3, -0.25) is 0 Å². The van der Waals surface area contributed by atoms with Crippen molar-refractivity contribution in [3.8, 4) is 0 Å². The van der Waals surface area contributed by atoms with Crippen LogP contribution in [0.2, 0.25) is 0 Å². The summed E-state index contributed by atoms with van der Waals surface area (Å²) in [5.74, 6) is 0.750. The molecule has 106 valence electrons. The Kier molecular flexibility index (Phi) is 3.91. The number of nitrogens with zero attached hydrogens (tertiary/aromatic N) is 1. The van der Waals surface area contributed by atoms with Crippen molar-refractivity contribution < 1.29 is 0 Å². The molecule has 0 bridgehead atoms. The molecule has 19 heavy (non-hydrogen) atoms. The van der Waals surface area contributed by atoms with Gasteiger partial charge >= 0.3 is 0 Å². The van der Waals surface area contributed by atoms with E-state index in [2.05, 4.69) is 64.0 Å². The first-order valence-electron chi connectivity index (χ1n) is 7.35. The van der Waals surface area contributed by atoms with Gasteiger partial charge in [-0.05, 0) is 71.7 Å². The highest BCUT2D eigenvalue weighted by molar-refractivity contribution is 5.62. The summed E-state index contributed by atoms with van der Waals surface area (Å²) in [7, 11) is 2.05. The lowest BCUT2D eigenvalue weighted by Gasteiger charge is -2.36. The van der Waals surface area contributed by atoms with E-state index in [0.29, 0.717) is 0 Å². The molecule has 0 aromatic heterocycles. The molecule has 1 heterocycles. The summed E-state index contributed by atoms with van der Waals surface area (Å²) in [6.07, 6.45) is 1.26. The van der Waals surface area contributed by atoms with Gasteiger partial charge in [-0.1, -0.05) is 17.7 Å². The molecule has 1 N–H and O–H groups in total. The number of rotatable bonds is 3. The van der Waals surface area contributed by atoms with Crippen LogP contribution in [0, 0.1) is 26.7 Å². The SMILES string of the molecule is CNCC1CN(c2c(C)cc(C)cc2C)C(C)(C)C1. The Balaban J connectivity index is 2.36. The fourth-order valence-electron chi connectivity index (χ4n) is 3.80. The van der Waals surface area contributed by atoms with E-state index in [-0.39, 0.29) is 5.54 Å². The standard InChI is InChI=1S/C17H28N2/c1-12-7-13(2)16(14(3)8-12)19-11-15(10-18-6)9-17(19,4)5/h7-8,15,18H,9-11H2,1-6H3. The van der Waals surface area contributed by atoms with Crippen LogP contribution in [0.3, 0.4) is 0 Å². The number of benzene rings is 1. The van der Waals surface area contributed by atoms with Gasteiger partial charge in [0.2, 0.25) is 0 Å². The van der Waals surface area contributed by atoms with Gasteiger partial charge in [-0.15, -0.1) is 0 Å². The van der Waals surface area contributed by atoms with Crippen LogP contribution in [0.25, 0.3) is 0 Å². The highest BCUT2D eigenvalue weighted by Gasteiger charge is 2.39. The minimum absolute atomic E-state index is 0.256. The zero-order chi connectivity index (χ0) is 14.2. The maximum absolute atomic E-state index is 3.33. The average molecular weight is 260 g/mol. The van der Waals surface area contributed by atoms with Gasteiger partial charge < -0.3 is 10.2 Å². The van der Waals surface area contributed by atoms with E-state index in [0.717, 1.165) is 12.5 Å². The minimum atomic E-state index is 0.256. The fraction of sp³-hybridized carbons (Fsp3) is 0.647. The molecule has 1 fully saturated rings. The molecular weight excluding hydrogens is 232 g/mol. The van der Waals surface area contributed by atoms with Crippen molar-refractivity contribution in [2.45, 2.75) is 46.6 Å². The third-order valence-electron chi connectivity index (χ3n) is 4.36. The zero-order valence-corrected chi connectivity index (χ0v) is 13.3. The van der Waals surface area contributed by atoms with Gasteiger partial charge in [-0.25, -0.2) is 0 Å². The van der Waals surface area contributed by atoms with Gasteiger partial charge in [0.05, 0.1) is 0 Å². The lowest BCUT2D eigenvalue weighted by atomic mass is 9.95. The minimum Gasteiger partial charge on any atom is -0.366 e. The molecular formula is C17H28N2. The number of hydrogen-bond donors (Lipinski definition) is 1. The number of anilines is 1. The topological polar surface area (TPSA) is 15.3 Å². The van der Waals surface area contributed by atoms with E-state index in [4.69, 9.17) is 0 Å². The van der Waals surface area contributed by atoms with Crippen molar-refractivity contribution >= 4 is 5.69 Å². The van der Waals surface area contributed by atoms with Crippen molar-refractivity contribution in [1.82, 2.24) is 5.32 Å². The first-order chi connectivity index (χ1) is 8.85. The van der Waals surface area contributed by atoms with Gasteiger partial charge in [-0.2, -0.15) is 0 Å². The first kappa shape index (κ1) is 14.4. The summed E-state index contributed by atoms with van der Waals surface area (Å²) >= 11 is 0. The predicted octanol–water partition coefficient (Wildman–Crippen LogP) is 3.44. The van der Waals surface area contributed by atoms with Crippen molar-refractivity contribution in [2.24, 2.45) is 5.92 Å². The van der Waals surface area contributed by atoms with Crippen LogP contribution in [0.1, 0.15) is 37.0 Å². The van der Waals surface area contributed by atoms with Gasteiger partial charge in [0.1, 0.15) is 0 Å². The van der Waals surface area contributed by atoms with E-state index in [1.807, 2.05) is 0 Å². The molecule has 0 saturated carbocycles. The molecule has 1 saturated heterocycles. The van der Waals surface area contributed by atoms with Crippen LogP contribution in [0.15, 0.2) is 12.1 Å². The Hall–Kier alpha value is -1.02. The molecule has 1 aliphatic heterocycles. The molecule has 1 aromatic carbocycles. The van der Waals surface area contributed by atoms with Crippen LogP contribution < -0.4 is 10.2 Å². The van der Waals surface area contributed by atoms with Gasteiger partial charge in [0.15, 0.2) is 0 Å². The zero-order valence-electron chi connectivity index (χ0n) is 13.3. The molecule has 0 amide bonds. The summed E-state index contributed by atoms with van der Waals surface area (Å²) in [6, 6.07) is 4.62. The fourth-order valence-corrected chi connectivity index (χ4v) is 3.80. The van der Waals surface area contributed by atoms with E-state index >= 15 is 0 Å². The van der Waals surface area contributed by atoms with Crippen molar-refractivity contribution in [3.63, 3.8) is 0 Å². The van der Waals surface area contributed by atoms with E-state index in [1.165, 1.54) is 35.3 Å². The smallest absolute Gasteiger partial charge is 0.0430 e. The molecule has 0 spiro atoms. The van der Waals surface area contributed by atoms with E-state index in [1.54, 1.807) is 0 Å². The predicted molar refractivity (Wildman–Crippen MR) is 84.1 cm³/mol. The summed E-state index contributed by atoms with van der Waals surface area (Å²) in [5.41, 5.74) is 5.90. The van der Waals surface area contributed by atoms with E-state index in [9.17, 15) is 0 Å². The summed E-state index contributed by atoms with van der Waals surface area (Å²) in [6.45, 7) is 13.7. The second kappa shape index (κ2) is 5.16. The highest BCUT2D eigenvalue weighted by atomic mass is 15.2. The average Bonchev–Trinajstić information content (AvgIpc) is 2.53. The monoisotopic (exact) mass is 260 g/mol. The van der Waals surface area contributed by atoms with Gasteiger partial charge in [0, 0.05) is 17.8 Å². The molecule has 2 rings (SSSR count). The Labute approximate surface area is 118 Å². The maximum atomic E-state index is 3.33. The lowest BCUT2D eigenvalue weighted by molar-refractivity contribution is 0.461. The number of nitrogens with one attached hydrogen (secondary N) is 1. The molecule has 0 radical (unpaired) electrons. The Bertz CT molecular complexity index is 439. The Morgan fingerprint density at radius 1 is 1.21 bits per heavy atom. The summed E-state index contributed by atoms with van der Waals surface area (Å²) in [5, 5.41) is 3.33. The largest absolute Gasteiger partial charge is 0.366 e. The molecule has 2 heteroatoms. The normalized spacial score (nSPS) is 22.0. The number of hydrogen-bond acceptors (Lipinski definition) is 2. The molecule has 1 aromatic rings. The highest BCUT2D eigenvalue weighted by Crippen LogP contribution is 2.39. The molecule has 1 aliphatic rings. The Morgan fingerprint density at radius 3 is 2.32 bits per heavy atom. The maximum Gasteiger partial charge on any atom is 0.0430 e. The Morgan fingerprint density at radius 2 is 1.79 bits per heavy atom. The summed E-state index contributed by atoms with van der Waals surface area (Å²) < 4.78 is 0. The van der Waals surface area contributed by atoms with Crippen LogP contribution in [-0.4, -0.2) is 25.7 Å². The van der Waals surface area contributed by atoms with Crippen molar-refractivity contribution in [1.29, 1.82) is 0 Å². The lowest BCUT2D eigenvalue weighted by Crippen LogP contribution is -2.39. The third kappa shape index (κ3) is 2.79. The van der Waals surface area contributed by atoms with Gasteiger partial charge in [0.25, 0.3) is 0 Å². The first-order valence-corrected chi connectivity index (χ1v) is 7.35. The second-order valence-electron chi connectivity index (χ2n) is 6.80. The van der Waals surface area contributed by atoms with Crippen LogP contribution in [0.4, 0.5) is 5.69 Å². The molecule has 0 aliphatic carbocycles.